The number of ketones is 1. The molecule has 0 aliphatic carbocycles. The summed E-state index contributed by atoms with van der Waals surface area (Å²) in [6.45, 7) is 1.40. The number of Topliss-reactive ketones (excluding diaryl/α,β-unsaturated/α-hetero) is 1. The van der Waals surface area contributed by atoms with Crippen molar-refractivity contribution in [2.75, 3.05) is 6.26 Å². The fraction of sp³-hybridized carbons (Fsp3) is 0.364. The third-order valence-electron chi connectivity index (χ3n) is 2.03. The Bertz CT molecular complexity index is 364. The molecule has 0 aliphatic rings. The molecule has 0 amide bonds. The van der Waals surface area contributed by atoms with Crippen LogP contribution in [-0.4, -0.2) is 12.0 Å². The van der Waals surface area contributed by atoms with Gasteiger partial charge in [-0.1, -0.05) is 6.07 Å². The second-order valence-corrected chi connectivity index (χ2v) is 4.12. The van der Waals surface area contributed by atoms with E-state index in [2.05, 4.69) is 0 Å². The molecule has 0 aliphatic heterocycles. The first kappa shape index (κ1) is 12.2. The van der Waals surface area contributed by atoms with E-state index in [1.807, 2.05) is 6.26 Å². The maximum atomic E-state index is 12.7. The van der Waals surface area contributed by atoms with Crippen LogP contribution in [0.3, 0.4) is 0 Å². The van der Waals surface area contributed by atoms with E-state index in [-0.39, 0.29) is 17.8 Å². The lowest BCUT2D eigenvalue weighted by molar-refractivity contribution is -0.116. The number of carbonyl (C=O) groups is 1. The van der Waals surface area contributed by atoms with Gasteiger partial charge in [-0.2, -0.15) is 0 Å². The number of hydrogen-bond donors (Lipinski definition) is 0. The molecule has 0 radical (unpaired) electrons. The molecule has 15 heavy (non-hydrogen) atoms. The normalized spacial score (nSPS) is 10.7. The van der Waals surface area contributed by atoms with Gasteiger partial charge < -0.3 is 0 Å². The molecule has 0 heterocycles. The maximum absolute atomic E-state index is 12.7. The van der Waals surface area contributed by atoms with Crippen LogP contribution in [0.4, 0.5) is 8.78 Å². The van der Waals surface area contributed by atoms with E-state index in [4.69, 9.17) is 0 Å². The summed E-state index contributed by atoms with van der Waals surface area (Å²) in [5.41, 5.74) is 0.396. The van der Waals surface area contributed by atoms with Gasteiger partial charge in [-0.05, 0) is 30.9 Å². The third-order valence-corrected chi connectivity index (χ3v) is 2.75. The number of rotatable bonds is 4. The lowest BCUT2D eigenvalue weighted by atomic mass is 10.0. The molecular formula is C11H12F2OS. The Balaban J connectivity index is 3.09. The summed E-state index contributed by atoms with van der Waals surface area (Å²) in [6.07, 6.45) is -0.615. The smallest absolute Gasteiger partial charge is 0.264 e. The second kappa shape index (κ2) is 5.26. The average Bonchev–Trinajstić information content (AvgIpc) is 2.17. The van der Waals surface area contributed by atoms with Crippen LogP contribution in [0.5, 0.6) is 0 Å². The summed E-state index contributed by atoms with van der Waals surface area (Å²) in [5.74, 6) is -0.103. The number of hydrogen-bond acceptors (Lipinski definition) is 2. The Labute approximate surface area is 91.9 Å². The molecule has 0 unspecified atom stereocenters. The predicted octanol–water partition coefficient (Wildman–Crippen LogP) is 3.48. The zero-order valence-corrected chi connectivity index (χ0v) is 9.41. The molecule has 0 atom stereocenters. The van der Waals surface area contributed by atoms with Crippen molar-refractivity contribution in [2.24, 2.45) is 0 Å². The van der Waals surface area contributed by atoms with E-state index >= 15 is 0 Å². The van der Waals surface area contributed by atoms with Crippen LogP contribution >= 0.6 is 11.8 Å². The molecular weight excluding hydrogens is 218 g/mol. The average molecular weight is 230 g/mol. The van der Waals surface area contributed by atoms with Crippen molar-refractivity contribution in [3.8, 4) is 0 Å². The first-order chi connectivity index (χ1) is 7.04. The van der Waals surface area contributed by atoms with Crippen molar-refractivity contribution in [1.29, 1.82) is 0 Å². The molecule has 1 rings (SSSR count). The monoisotopic (exact) mass is 230 g/mol. The van der Waals surface area contributed by atoms with Gasteiger partial charge in [0.25, 0.3) is 6.43 Å². The van der Waals surface area contributed by atoms with Crippen LogP contribution in [-0.2, 0) is 11.2 Å². The molecule has 4 heteroatoms. The van der Waals surface area contributed by atoms with Gasteiger partial charge in [-0.3, -0.25) is 4.79 Å². The number of carbonyl (C=O) groups excluding carboxylic acids is 1. The summed E-state index contributed by atoms with van der Waals surface area (Å²) in [6, 6.07) is 4.82. The topological polar surface area (TPSA) is 17.1 Å². The number of thioether (sulfide) groups is 1. The SMILES string of the molecule is CSc1ccc(CC(C)=O)c(C(F)F)c1. The van der Waals surface area contributed by atoms with Gasteiger partial charge in [0, 0.05) is 16.9 Å². The largest absolute Gasteiger partial charge is 0.300 e. The molecule has 0 saturated carbocycles. The highest BCUT2D eigenvalue weighted by Gasteiger charge is 2.14. The van der Waals surface area contributed by atoms with Crippen molar-refractivity contribution < 1.29 is 13.6 Å². The van der Waals surface area contributed by atoms with E-state index in [0.29, 0.717) is 5.56 Å². The molecule has 1 nitrogen and oxygen atoms in total. The third kappa shape index (κ3) is 3.30. The molecule has 82 valence electrons. The minimum atomic E-state index is -2.52. The molecule has 0 fully saturated rings. The number of benzene rings is 1. The van der Waals surface area contributed by atoms with Crippen molar-refractivity contribution in [3.05, 3.63) is 29.3 Å². The number of halogens is 2. The van der Waals surface area contributed by atoms with E-state index in [1.165, 1.54) is 24.8 Å². The first-order valence-corrected chi connectivity index (χ1v) is 5.71. The molecule has 1 aromatic rings. The lowest BCUT2D eigenvalue weighted by Gasteiger charge is -2.08. The summed E-state index contributed by atoms with van der Waals surface area (Å²) in [7, 11) is 0. The Morgan fingerprint density at radius 2 is 2.13 bits per heavy atom. The minimum absolute atomic E-state index is 0.0305. The maximum Gasteiger partial charge on any atom is 0.264 e. The highest BCUT2D eigenvalue weighted by atomic mass is 32.2. The van der Waals surface area contributed by atoms with E-state index in [0.717, 1.165) is 4.90 Å². The Hall–Kier alpha value is -0.900. The zero-order valence-electron chi connectivity index (χ0n) is 8.59. The molecule has 0 N–H and O–H groups in total. The minimum Gasteiger partial charge on any atom is -0.300 e. The van der Waals surface area contributed by atoms with Gasteiger partial charge in [0.15, 0.2) is 0 Å². The van der Waals surface area contributed by atoms with E-state index in [1.54, 1.807) is 12.1 Å². The Kier molecular flexibility index (Phi) is 4.27. The van der Waals surface area contributed by atoms with Gasteiger partial charge in [-0.25, -0.2) is 8.78 Å². The Morgan fingerprint density at radius 3 is 2.60 bits per heavy atom. The van der Waals surface area contributed by atoms with Crippen molar-refractivity contribution in [2.45, 2.75) is 24.7 Å². The van der Waals surface area contributed by atoms with E-state index < -0.39 is 6.43 Å². The standard InChI is InChI=1S/C11H12F2OS/c1-7(14)5-8-3-4-9(15-2)6-10(8)11(12)13/h3-4,6,11H,5H2,1-2H3. The summed E-state index contributed by atoms with van der Waals surface area (Å²) in [4.78, 5) is 11.7. The first-order valence-electron chi connectivity index (χ1n) is 4.49. The van der Waals surface area contributed by atoms with E-state index in [9.17, 15) is 13.6 Å². The molecule has 0 spiro atoms. The highest BCUT2D eigenvalue weighted by molar-refractivity contribution is 7.98. The molecule has 0 saturated heterocycles. The summed E-state index contributed by atoms with van der Waals surface area (Å²) in [5, 5.41) is 0. The second-order valence-electron chi connectivity index (χ2n) is 3.24. The van der Waals surface area contributed by atoms with Gasteiger partial charge in [-0.15, -0.1) is 11.8 Å². The molecule has 1 aromatic carbocycles. The fourth-order valence-electron chi connectivity index (χ4n) is 1.33. The fourth-order valence-corrected chi connectivity index (χ4v) is 1.78. The van der Waals surface area contributed by atoms with Crippen LogP contribution in [0, 0.1) is 0 Å². The van der Waals surface area contributed by atoms with Crippen LogP contribution < -0.4 is 0 Å². The van der Waals surface area contributed by atoms with Crippen LogP contribution in [0.15, 0.2) is 23.1 Å². The molecule has 0 bridgehead atoms. The zero-order chi connectivity index (χ0) is 11.4. The van der Waals surface area contributed by atoms with Crippen molar-refractivity contribution >= 4 is 17.5 Å². The van der Waals surface area contributed by atoms with Gasteiger partial charge in [0.1, 0.15) is 5.78 Å². The lowest BCUT2D eigenvalue weighted by Crippen LogP contribution is -2.01. The van der Waals surface area contributed by atoms with Gasteiger partial charge >= 0.3 is 0 Å². The van der Waals surface area contributed by atoms with Crippen LogP contribution in [0.1, 0.15) is 24.5 Å². The van der Waals surface area contributed by atoms with Crippen molar-refractivity contribution in [3.63, 3.8) is 0 Å². The van der Waals surface area contributed by atoms with Crippen molar-refractivity contribution in [1.82, 2.24) is 0 Å². The van der Waals surface area contributed by atoms with Crippen LogP contribution in [0.25, 0.3) is 0 Å². The summed E-state index contributed by atoms with van der Waals surface area (Å²) >= 11 is 1.41. The quantitative estimate of drug-likeness (QED) is 0.737. The van der Waals surface area contributed by atoms with Gasteiger partial charge in [0.05, 0.1) is 0 Å². The summed E-state index contributed by atoms with van der Waals surface area (Å²) < 4.78 is 25.3. The van der Waals surface area contributed by atoms with Crippen LogP contribution in [0.2, 0.25) is 0 Å². The highest BCUT2D eigenvalue weighted by Crippen LogP contribution is 2.27. The molecule has 0 aromatic heterocycles. The predicted molar refractivity (Wildman–Crippen MR) is 57.6 cm³/mol. The van der Waals surface area contributed by atoms with Gasteiger partial charge in [0.2, 0.25) is 0 Å². The number of alkyl halides is 2. The Morgan fingerprint density at radius 1 is 1.47 bits per heavy atom.